The molecule has 0 fully saturated rings. The summed E-state index contributed by atoms with van der Waals surface area (Å²) < 4.78 is 27.3. The number of carbonyl (C=O) groups is 1. The molecule has 102 valence electrons. The highest BCUT2D eigenvalue weighted by molar-refractivity contribution is 8.15. The van der Waals surface area contributed by atoms with Crippen LogP contribution < -0.4 is 5.32 Å². The van der Waals surface area contributed by atoms with E-state index in [0.29, 0.717) is 30.7 Å². The molecule has 18 heavy (non-hydrogen) atoms. The van der Waals surface area contributed by atoms with Crippen molar-refractivity contribution in [2.75, 3.05) is 20.3 Å². The standard InChI is InChI=1S/C10H14ClNO4S2/c1-7-8(6-17-10(7)18(11,14)15)9(13)12-4-3-5-16-2/h6H,3-5H2,1-2H3,(H,12,13). The molecule has 1 heterocycles. The van der Waals surface area contributed by atoms with Gasteiger partial charge < -0.3 is 10.1 Å². The lowest BCUT2D eigenvalue weighted by molar-refractivity contribution is 0.0948. The Labute approximate surface area is 115 Å². The molecule has 1 aromatic rings. The van der Waals surface area contributed by atoms with Crippen molar-refractivity contribution in [3.05, 3.63) is 16.5 Å². The molecule has 0 aromatic carbocycles. The number of methoxy groups -OCH3 is 1. The highest BCUT2D eigenvalue weighted by Gasteiger charge is 2.21. The zero-order chi connectivity index (χ0) is 13.8. The molecule has 1 rings (SSSR count). The Kier molecular flexibility index (Phi) is 5.58. The van der Waals surface area contributed by atoms with Crippen LogP contribution in [0.3, 0.4) is 0 Å². The second-order valence-corrected chi connectivity index (χ2v) is 7.24. The van der Waals surface area contributed by atoms with E-state index in [1.165, 1.54) is 5.38 Å². The molecule has 0 saturated heterocycles. The van der Waals surface area contributed by atoms with Gasteiger partial charge in [0.15, 0.2) is 0 Å². The number of rotatable bonds is 6. The van der Waals surface area contributed by atoms with E-state index in [1.54, 1.807) is 14.0 Å². The third-order valence-electron chi connectivity index (χ3n) is 2.27. The first-order valence-corrected chi connectivity index (χ1v) is 8.36. The number of hydrogen-bond donors (Lipinski definition) is 1. The molecule has 0 bridgehead atoms. The first-order valence-electron chi connectivity index (χ1n) is 5.17. The maximum atomic E-state index is 11.8. The van der Waals surface area contributed by atoms with Gasteiger partial charge in [0.1, 0.15) is 4.21 Å². The summed E-state index contributed by atoms with van der Waals surface area (Å²) in [6.45, 7) is 2.60. The van der Waals surface area contributed by atoms with Gasteiger partial charge in [-0.2, -0.15) is 0 Å². The molecule has 5 nitrogen and oxygen atoms in total. The van der Waals surface area contributed by atoms with E-state index in [9.17, 15) is 13.2 Å². The molecule has 8 heteroatoms. The lowest BCUT2D eigenvalue weighted by atomic mass is 10.2. The topological polar surface area (TPSA) is 72.5 Å². The molecule has 0 aliphatic heterocycles. The lowest BCUT2D eigenvalue weighted by Crippen LogP contribution is -2.25. The predicted octanol–water partition coefficient (Wildman–Crippen LogP) is 1.75. The zero-order valence-corrected chi connectivity index (χ0v) is 12.4. The third kappa shape index (κ3) is 3.94. The summed E-state index contributed by atoms with van der Waals surface area (Å²) in [5, 5.41) is 4.19. The minimum atomic E-state index is -3.78. The van der Waals surface area contributed by atoms with Crippen LogP contribution in [-0.4, -0.2) is 34.6 Å². The number of thiophene rings is 1. The van der Waals surface area contributed by atoms with Gasteiger partial charge in [-0.25, -0.2) is 8.42 Å². The average Bonchev–Trinajstić information content (AvgIpc) is 2.66. The van der Waals surface area contributed by atoms with Gasteiger partial charge in [-0.3, -0.25) is 4.79 Å². The number of amides is 1. The Balaban J connectivity index is 2.73. The van der Waals surface area contributed by atoms with Crippen LogP contribution in [0.4, 0.5) is 0 Å². The van der Waals surface area contributed by atoms with E-state index in [0.717, 1.165) is 11.3 Å². The van der Waals surface area contributed by atoms with Gasteiger partial charge in [0, 0.05) is 36.3 Å². The largest absolute Gasteiger partial charge is 0.385 e. The van der Waals surface area contributed by atoms with Crippen molar-refractivity contribution < 1.29 is 17.9 Å². The molecular weight excluding hydrogens is 298 g/mol. The van der Waals surface area contributed by atoms with Crippen LogP contribution in [0, 0.1) is 6.92 Å². The third-order valence-corrected chi connectivity index (χ3v) is 5.58. The van der Waals surface area contributed by atoms with Gasteiger partial charge in [0.25, 0.3) is 15.0 Å². The summed E-state index contributed by atoms with van der Waals surface area (Å²) in [4.78, 5) is 11.8. The number of halogens is 1. The Bertz CT molecular complexity index is 524. The van der Waals surface area contributed by atoms with E-state index in [2.05, 4.69) is 5.32 Å². The van der Waals surface area contributed by atoms with Gasteiger partial charge in [-0.15, -0.1) is 11.3 Å². The van der Waals surface area contributed by atoms with Crippen LogP contribution in [0.2, 0.25) is 0 Å². The first kappa shape index (κ1) is 15.4. The van der Waals surface area contributed by atoms with E-state index in [-0.39, 0.29) is 10.1 Å². The van der Waals surface area contributed by atoms with Gasteiger partial charge in [-0.05, 0) is 18.9 Å². The van der Waals surface area contributed by atoms with Crippen molar-refractivity contribution in [3.8, 4) is 0 Å². The summed E-state index contributed by atoms with van der Waals surface area (Å²) >= 11 is 0.950. The number of carbonyl (C=O) groups excluding carboxylic acids is 1. The van der Waals surface area contributed by atoms with Crippen molar-refractivity contribution in [1.82, 2.24) is 5.32 Å². The molecule has 0 radical (unpaired) electrons. The molecule has 0 saturated carbocycles. The smallest absolute Gasteiger partial charge is 0.271 e. The molecule has 1 amide bonds. The van der Waals surface area contributed by atoms with Gasteiger partial charge in [0.05, 0.1) is 5.56 Å². The van der Waals surface area contributed by atoms with Crippen LogP contribution in [0.5, 0.6) is 0 Å². The summed E-state index contributed by atoms with van der Waals surface area (Å²) in [5.41, 5.74) is 0.732. The fourth-order valence-electron chi connectivity index (χ4n) is 1.38. The molecule has 1 aromatic heterocycles. The second kappa shape index (κ2) is 6.51. The Morgan fingerprint density at radius 2 is 2.22 bits per heavy atom. The van der Waals surface area contributed by atoms with E-state index in [4.69, 9.17) is 15.4 Å². The molecular formula is C10H14ClNO4S2. The van der Waals surface area contributed by atoms with Gasteiger partial charge >= 0.3 is 0 Å². The van der Waals surface area contributed by atoms with Crippen LogP contribution in [0.25, 0.3) is 0 Å². The maximum absolute atomic E-state index is 11.8. The Morgan fingerprint density at radius 1 is 1.56 bits per heavy atom. The van der Waals surface area contributed by atoms with E-state index >= 15 is 0 Å². The quantitative estimate of drug-likeness (QED) is 0.641. The van der Waals surface area contributed by atoms with Crippen molar-refractivity contribution >= 4 is 37.0 Å². The molecule has 0 aliphatic carbocycles. The number of ether oxygens (including phenoxy) is 1. The van der Waals surface area contributed by atoms with Crippen molar-refractivity contribution in [2.24, 2.45) is 0 Å². The molecule has 0 aliphatic rings. The Hall–Kier alpha value is -0.630. The van der Waals surface area contributed by atoms with Crippen molar-refractivity contribution in [1.29, 1.82) is 0 Å². The second-order valence-electron chi connectivity index (χ2n) is 3.60. The first-order chi connectivity index (χ1) is 8.38. The molecule has 0 unspecified atom stereocenters. The maximum Gasteiger partial charge on any atom is 0.271 e. The lowest BCUT2D eigenvalue weighted by Gasteiger charge is -2.04. The monoisotopic (exact) mass is 311 g/mol. The normalized spacial score (nSPS) is 11.5. The SMILES string of the molecule is COCCCNC(=O)c1csc(S(=O)(=O)Cl)c1C. The average molecular weight is 312 g/mol. The van der Waals surface area contributed by atoms with Crippen LogP contribution in [0.15, 0.2) is 9.59 Å². The van der Waals surface area contributed by atoms with Gasteiger partial charge in [-0.1, -0.05) is 0 Å². The van der Waals surface area contributed by atoms with Gasteiger partial charge in [0.2, 0.25) is 0 Å². The summed E-state index contributed by atoms with van der Waals surface area (Å²) in [6, 6.07) is 0. The van der Waals surface area contributed by atoms with Crippen LogP contribution in [-0.2, 0) is 13.8 Å². The molecule has 0 atom stereocenters. The summed E-state index contributed by atoms with van der Waals surface area (Å²) in [6.07, 6.45) is 0.700. The van der Waals surface area contributed by atoms with Crippen LogP contribution >= 0.6 is 22.0 Å². The Morgan fingerprint density at radius 3 is 2.72 bits per heavy atom. The van der Waals surface area contributed by atoms with E-state index < -0.39 is 9.05 Å². The van der Waals surface area contributed by atoms with Crippen molar-refractivity contribution in [3.63, 3.8) is 0 Å². The van der Waals surface area contributed by atoms with Crippen molar-refractivity contribution in [2.45, 2.75) is 17.6 Å². The zero-order valence-electron chi connectivity index (χ0n) is 10.0. The highest BCUT2D eigenvalue weighted by Crippen LogP contribution is 2.29. The highest BCUT2D eigenvalue weighted by atomic mass is 35.7. The molecule has 1 N–H and O–H groups in total. The fourth-order valence-corrected chi connectivity index (χ4v) is 3.93. The minimum absolute atomic E-state index is 0.0196. The number of hydrogen-bond acceptors (Lipinski definition) is 5. The molecule has 0 spiro atoms. The fraction of sp³-hybridized carbons (Fsp3) is 0.500. The predicted molar refractivity (Wildman–Crippen MR) is 70.9 cm³/mol. The number of nitrogens with one attached hydrogen (secondary N) is 1. The van der Waals surface area contributed by atoms with E-state index in [1.807, 2.05) is 0 Å². The van der Waals surface area contributed by atoms with Crippen LogP contribution in [0.1, 0.15) is 22.3 Å². The summed E-state index contributed by atoms with van der Waals surface area (Å²) in [7, 11) is 3.06. The summed E-state index contributed by atoms with van der Waals surface area (Å²) in [5.74, 6) is -0.300. The minimum Gasteiger partial charge on any atom is -0.385 e.